The maximum Gasteiger partial charge on any atom is 0.235 e. The van der Waals surface area contributed by atoms with Gasteiger partial charge in [-0.15, -0.1) is 0 Å². The van der Waals surface area contributed by atoms with Crippen molar-refractivity contribution >= 4 is 15.7 Å². The van der Waals surface area contributed by atoms with Gasteiger partial charge in [0.05, 0.1) is 25.1 Å². The highest BCUT2D eigenvalue weighted by Gasteiger charge is 2.21. The van der Waals surface area contributed by atoms with Crippen molar-refractivity contribution in [3.8, 4) is 11.5 Å². The highest BCUT2D eigenvalue weighted by Crippen LogP contribution is 2.25. The van der Waals surface area contributed by atoms with Gasteiger partial charge in [0.25, 0.3) is 0 Å². The summed E-state index contributed by atoms with van der Waals surface area (Å²) in [6.45, 7) is 2.26. The molecule has 0 spiro atoms. The number of pyridine rings is 1. The number of rotatable bonds is 9. The van der Waals surface area contributed by atoms with Gasteiger partial charge in [0.2, 0.25) is 10.0 Å². The molecule has 7 heteroatoms. The van der Waals surface area contributed by atoms with E-state index in [2.05, 4.69) is 4.98 Å². The zero-order chi connectivity index (χ0) is 20.7. The Kier molecular flexibility index (Phi) is 6.72. The average Bonchev–Trinajstić information content (AvgIpc) is 2.77. The average molecular weight is 413 g/mol. The van der Waals surface area contributed by atoms with Crippen LogP contribution in [0, 0.1) is 0 Å². The van der Waals surface area contributed by atoms with E-state index in [0.717, 1.165) is 16.9 Å². The molecule has 1 aromatic heterocycles. The van der Waals surface area contributed by atoms with Crippen LogP contribution in [0.25, 0.3) is 0 Å². The Labute approximate surface area is 171 Å². The molecule has 0 N–H and O–H groups in total. The normalized spacial score (nSPS) is 11.1. The Morgan fingerprint density at radius 3 is 2.38 bits per heavy atom. The quantitative estimate of drug-likeness (QED) is 0.531. The fourth-order valence-corrected chi connectivity index (χ4v) is 3.90. The zero-order valence-electron chi connectivity index (χ0n) is 16.5. The topological polar surface area (TPSA) is 68.7 Å². The SMILES string of the molecule is CCS(=O)(=O)N(Cc1cccnc1)c1ccc(OCc2cccc(OC)c2)cc1. The molecule has 29 heavy (non-hydrogen) atoms. The second-order valence-corrected chi connectivity index (χ2v) is 8.58. The van der Waals surface area contributed by atoms with Crippen molar-refractivity contribution in [2.24, 2.45) is 0 Å². The van der Waals surface area contributed by atoms with Gasteiger partial charge in [-0.05, 0) is 60.5 Å². The summed E-state index contributed by atoms with van der Waals surface area (Å²) in [5.41, 5.74) is 2.40. The molecule has 0 saturated heterocycles. The molecule has 0 bridgehead atoms. The summed E-state index contributed by atoms with van der Waals surface area (Å²) >= 11 is 0. The van der Waals surface area contributed by atoms with E-state index in [9.17, 15) is 8.42 Å². The van der Waals surface area contributed by atoms with Crippen LogP contribution >= 0.6 is 0 Å². The number of benzene rings is 2. The lowest BCUT2D eigenvalue weighted by molar-refractivity contribution is 0.305. The van der Waals surface area contributed by atoms with Gasteiger partial charge < -0.3 is 9.47 Å². The third-order valence-electron chi connectivity index (χ3n) is 4.41. The predicted octanol–water partition coefficient (Wildman–Crippen LogP) is 4.03. The Balaban J connectivity index is 1.74. The largest absolute Gasteiger partial charge is 0.497 e. The molecule has 0 atom stereocenters. The van der Waals surface area contributed by atoms with Gasteiger partial charge in [0.1, 0.15) is 18.1 Å². The molecular formula is C22H24N2O4S. The smallest absolute Gasteiger partial charge is 0.235 e. The zero-order valence-corrected chi connectivity index (χ0v) is 17.3. The van der Waals surface area contributed by atoms with E-state index in [4.69, 9.17) is 9.47 Å². The van der Waals surface area contributed by atoms with E-state index >= 15 is 0 Å². The number of ether oxygens (including phenoxy) is 2. The molecular weight excluding hydrogens is 388 g/mol. The minimum Gasteiger partial charge on any atom is -0.497 e. The molecule has 0 aliphatic rings. The standard InChI is InChI=1S/C22H24N2O4S/c1-3-29(25,26)24(16-19-7-5-13-23-15-19)20-9-11-21(12-10-20)28-17-18-6-4-8-22(14-18)27-2/h4-15H,3,16-17H2,1-2H3. The fraction of sp³-hybridized carbons (Fsp3) is 0.227. The number of hydrogen-bond donors (Lipinski definition) is 0. The summed E-state index contributed by atoms with van der Waals surface area (Å²) in [6, 6.07) is 18.4. The van der Waals surface area contributed by atoms with Gasteiger partial charge in [-0.2, -0.15) is 0 Å². The summed E-state index contributed by atoms with van der Waals surface area (Å²) in [5.74, 6) is 1.45. The third kappa shape index (κ3) is 5.48. The molecule has 152 valence electrons. The molecule has 0 fully saturated rings. The van der Waals surface area contributed by atoms with E-state index in [-0.39, 0.29) is 12.3 Å². The fourth-order valence-electron chi connectivity index (χ4n) is 2.80. The summed E-state index contributed by atoms with van der Waals surface area (Å²) < 4.78 is 37.7. The summed E-state index contributed by atoms with van der Waals surface area (Å²) in [4.78, 5) is 4.07. The highest BCUT2D eigenvalue weighted by atomic mass is 32.2. The molecule has 6 nitrogen and oxygen atoms in total. The van der Waals surface area contributed by atoms with Gasteiger partial charge in [-0.1, -0.05) is 18.2 Å². The molecule has 3 aromatic rings. The van der Waals surface area contributed by atoms with Gasteiger partial charge in [-0.25, -0.2) is 8.42 Å². The molecule has 0 aliphatic heterocycles. The van der Waals surface area contributed by atoms with Gasteiger partial charge in [-0.3, -0.25) is 9.29 Å². The second-order valence-electron chi connectivity index (χ2n) is 6.40. The molecule has 1 heterocycles. The summed E-state index contributed by atoms with van der Waals surface area (Å²) in [7, 11) is -1.81. The van der Waals surface area contributed by atoms with Crippen LogP contribution in [0.1, 0.15) is 18.1 Å². The van der Waals surface area contributed by atoms with Crippen LogP contribution in [0.3, 0.4) is 0 Å². The maximum atomic E-state index is 12.6. The minimum atomic E-state index is -3.44. The number of sulfonamides is 1. The molecule has 3 rings (SSSR count). The Morgan fingerprint density at radius 1 is 0.966 bits per heavy atom. The Hall–Kier alpha value is -3.06. The van der Waals surface area contributed by atoms with Gasteiger partial charge >= 0.3 is 0 Å². The van der Waals surface area contributed by atoms with E-state index in [0.29, 0.717) is 18.0 Å². The number of anilines is 1. The maximum absolute atomic E-state index is 12.6. The van der Waals surface area contributed by atoms with E-state index in [1.807, 2.05) is 30.3 Å². The van der Waals surface area contributed by atoms with Crippen molar-refractivity contribution in [3.63, 3.8) is 0 Å². The molecule has 0 radical (unpaired) electrons. The van der Waals surface area contributed by atoms with Crippen LogP contribution < -0.4 is 13.8 Å². The first kappa shape index (κ1) is 20.7. The monoisotopic (exact) mass is 412 g/mol. The Morgan fingerprint density at radius 2 is 1.72 bits per heavy atom. The van der Waals surface area contributed by atoms with Crippen molar-refractivity contribution in [2.45, 2.75) is 20.1 Å². The summed E-state index contributed by atoms with van der Waals surface area (Å²) in [5, 5.41) is 0. The van der Waals surface area contributed by atoms with E-state index in [1.54, 1.807) is 56.8 Å². The third-order valence-corrected chi connectivity index (χ3v) is 6.15. The van der Waals surface area contributed by atoms with Gasteiger partial charge in [0.15, 0.2) is 0 Å². The lowest BCUT2D eigenvalue weighted by Gasteiger charge is -2.24. The van der Waals surface area contributed by atoms with Crippen molar-refractivity contribution in [2.75, 3.05) is 17.2 Å². The lowest BCUT2D eigenvalue weighted by Crippen LogP contribution is -2.31. The van der Waals surface area contributed by atoms with Crippen molar-refractivity contribution < 1.29 is 17.9 Å². The van der Waals surface area contributed by atoms with Crippen LogP contribution in [-0.2, 0) is 23.2 Å². The van der Waals surface area contributed by atoms with Crippen LogP contribution in [0.4, 0.5) is 5.69 Å². The highest BCUT2D eigenvalue weighted by molar-refractivity contribution is 7.92. The number of methoxy groups -OCH3 is 1. The van der Waals surface area contributed by atoms with Crippen molar-refractivity contribution in [1.82, 2.24) is 4.98 Å². The number of nitrogens with zero attached hydrogens (tertiary/aromatic N) is 2. The van der Waals surface area contributed by atoms with Crippen molar-refractivity contribution in [3.05, 3.63) is 84.2 Å². The van der Waals surface area contributed by atoms with Crippen LogP contribution in [0.2, 0.25) is 0 Å². The first-order chi connectivity index (χ1) is 14.0. The van der Waals surface area contributed by atoms with Crippen LogP contribution in [0.5, 0.6) is 11.5 Å². The van der Waals surface area contributed by atoms with E-state index in [1.165, 1.54) is 4.31 Å². The van der Waals surface area contributed by atoms with E-state index < -0.39 is 10.0 Å². The van der Waals surface area contributed by atoms with Crippen LogP contribution in [-0.4, -0.2) is 26.3 Å². The predicted molar refractivity (Wildman–Crippen MR) is 114 cm³/mol. The van der Waals surface area contributed by atoms with Gasteiger partial charge in [0, 0.05) is 12.4 Å². The summed E-state index contributed by atoms with van der Waals surface area (Å²) in [6.07, 6.45) is 3.33. The molecule has 0 saturated carbocycles. The molecule has 0 amide bonds. The van der Waals surface area contributed by atoms with Crippen LogP contribution in [0.15, 0.2) is 73.1 Å². The lowest BCUT2D eigenvalue weighted by atomic mass is 10.2. The first-order valence-electron chi connectivity index (χ1n) is 9.27. The second kappa shape index (κ2) is 9.43. The molecule has 0 aliphatic carbocycles. The van der Waals surface area contributed by atoms with Crippen molar-refractivity contribution in [1.29, 1.82) is 0 Å². The first-order valence-corrected chi connectivity index (χ1v) is 10.9. The number of aromatic nitrogens is 1. The molecule has 0 unspecified atom stereocenters. The minimum absolute atomic E-state index is 0.0152. The number of hydrogen-bond acceptors (Lipinski definition) is 5. The molecule has 2 aromatic carbocycles. The Bertz CT molecular complexity index is 1020.